The molecule has 0 N–H and O–H groups in total. The molecule has 0 saturated heterocycles. The number of benzene rings is 1. The van der Waals surface area contributed by atoms with Gasteiger partial charge in [-0.3, -0.25) is 4.57 Å². The maximum atomic E-state index is 12.0. The number of aromatic nitrogens is 2. The van der Waals surface area contributed by atoms with Gasteiger partial charge in [0.1, 0.15) is 10.7 Å². The van der Waals surface area contributed by atoms with Crippen molar-refractivity contribution < 1.29 is 9.53 Å². The van der Waals surface area contributed by atoms with Crippen LogP contribution in [-0.4, -0.2) is 22.1 Å². The summed E-state index contributed by atoms with van der Waals surface area (Å²) in [5, 5.41) is 2.00. The van der Waals surface area contributed by atoms with Crippen molar-refractivity contribution in [3.05, 3.63) is 46.4 Å². The standard InChI is InChI=1S/C19H22N2O2S/c1-4-23-19(22)17-11-14(12-24-17)21-16-8-6-5-7-15(16)20-18(21)10-9-13(2)3/h5-8,11-13H,4,9-10H2,1-3H3. The molecule has 0 spiro atoms. The summed E-state index contributed by atoms with van der Waals surface area (Å²) in [5.74, 6) is 1.40. The van der Waals surface area contributed by atoms with Crippen molar-refractivity contribution in [2.24, 2.45) is 5.92 Å². The summed E-state index contributed by atoms with van der Waals surface area (Å²) < 4.78 is 7.27. The number of ether oxygens (including phenoxy) is 1. The summed E-state index contributed by atoms with van der Waals surface area (Å²) in [4.78, 5) is 17.4. The van der Waals surface area contributed by atoms with E-state index in [1.807, 2.05) is 36.6 Å². The first kappa shape index (κ1) is 16.7. The van der Waals surface area contributed by atoms with Crippen molar-refractivity contribution in [2.75, 3.05) is 6.61 Å². The third-order valence-electron chi connectivity index (χ3n) is 3.90. The maximum Gasteiger partial charge on any atom is 0.348 e. The first-order valence-corrected chi connectivity index (χ1v) is 9.20. The minimum absolute atomic E-state index is 0.262. The van der Waals surface area contributed by atoms with Gasteiger partial charge in [0.15, 0.2) is 0 Å². The van der Waals surface area contributed by atoms with Crippen molar-refractivity contribution >= 4 is 28.3 Å². The average molecular weight is 342 g/mol. The highest BCUT2D eigenvalue weighted by Gasteiger charge is 2.16. The predicted molar refractivity (Wildman–Crippen MR) is 98.1 cm³/mol. The van der Waals surface area contributed by atoms with E-state index in [9.17, 15) is 4.79 Å². The van der Waals surface area contributed by atoms with Crippen LogP contribution in [0.2, 0.25) is 0 Å². The largest absolute Gasteiger partial charge is 0.462 e. The molecule has 0 atom stereocenters. The molecule has 2 heterocycles. The number of carbonyl (C=O) groups is 1. The predicted octanol–water partition coefficient (Wildman–Crippen LogP) is 4.85. The molecule has 24 heavy (non-hydrogen) atoms. The Labute approximate surface area is 146 Å². The first-order chi connectivity index (χ1) is 11.6. The highest BCUT2D eigenvalue weighted by Crippen LogP contribution is 2.27. The lowest BCUT2D eigenvalue weighted by Crippen LogP contribution is -2.04. The number of esters is 1. The lowest BCUT2D eigenvalue weighted by atomic mass is 10.1. The van der Waals surface area contributed by atoms with Crippen LogP contribution in [0.3, 0.4) is 0 Å². The molecule has 0 saturated carbocycles. The molecule has 0 aliphatic heterocycles. The van der Waals surface area contributed by atoms with Gasteiger partial charge in [-0.2, -0.15) is 0 Å². The number of imidazole rings is 1. The minimum atomic E-state index is -0.262. The summed E-state index contributed by atoms with van der Waals surface area (Å²) in [6.07, 6.45) is 2.00. The van der Waals surface area contributed by atoms with E-state index in [1.54, 1.807) is 0 Å². The third kappa shape index (κ3) is 3.36. The second-order valence-electron chi connectivity index (χ2n) is 6.17. The second-order valence-corrected chi connectivity index (χ2v) is 7.09. The lowest BCUT2D eigenvalue weighted by molar-refractivity contribution is 0.0532. The summed E-state index contributed by atoms with van der Waals surface area (Å²) in [6, 6.07) is 10.0. The Kier molecular flexibility index (Phi) is 5.00. The van der Waals surface area contributed by atoms with Gasteiger partial charge < -0.3 is 4.74 Å². The minimum Gasteiger partial charge on any atom is -0.462 e. The van der Waals surface area contributed by atoms with Crippen LogP contribution in [0.15, 0.2) is 35.7 Å². The summed E-state index contributed by atoms with van der Waals surface area (Å²) in [7, 11) is 0. The van der Waals surface area contributed by atoms with E-state index >= 15 is 0 Å². The van der Waals surface area contributed by atoms with Crippen molar-refractivity contribution in [3.63, 3.8) is 0 Å². The van der Waals surface area contributed by atoms with E-state index in [-0.39, 0.29) is 5.97 Å². The zero-order chi connectivity index (χ0) is 17.1. The highest BCUT2D eigenvalue weighted by atomic mass is 32.1. The Morgan fingerprint density at radius 3 is 2.88 bits per heavy atom. The van der Waals surface area contributed by atoms with E-state index in [4.69, 9.17) is 9.72 Å². The van der Waals surface area contributed by atoms with Crippen LogP contribution in [0.25, 0.3) is 16.7 Å². The van der Waals surface area contributed by atoms with E-state index in [0.29, 0.717) is 17.4 Å². The summed E-state index contributed by atoms with van der Waals surface area (Å²) in [6.45, 7) is 6.65. The van der Waals surface area contributed by atoms with Crippen LogP contribution in [0.1, 0.15) is 42.7 Å². The number of hydrogen-bond donors (Lipinski definition) is 0. The van der Waals surface area contributed by atoms with Crippen molar-refractivity contribution in [3.8, 4) is 5.69 Å². The highest BCUT2D eigenvalue weighted by molar-refractivity contribution is 7.12. The molecule has 1 aromatic carbocycles. The van der Waals surface area contributed by atoms with E-state index in [1.165, 1.54) is 11.3 Å². The summed E-state index contributed by atoms with van der Waals surface area (Å²) in [5.41, 5.74) is 3.04. The molecule has 0 fully saturated rings. The van der Waals surface area contributed by atoms with E-state index < -0.39 is 0 Å². The Morgan fingerprint density at radius 1 is 1.33 bits per heavy atom. The van der Waals surface area contributed by atoms with Gasteiger partial charge in [0.2, 0.25) is 0 Å². The van der Waals surface area contributed by atoms with Crippen LogP contribution in [0.5, 0.6) is 0 Å². The van der Waals surface area contributed by atoms with Gasteiger partial charge >= 0.3 is 5.97 Å². The fraction of sp³-hybridized carbons (Fsp3) is 0.368. The van der Waals surface area contributed by atoms with Crippen LogP contribution in [0, 0.1) is 5.92 Å². The smallest absolute Gasteiger partial charge is 0.348 e. The molecule has 0 aliphatic rings. The molecule has 126 valence electrons. The number of hydrogen-bond acceptors (Lipinski definition) is 4. The fourth-order valence-electron chi connectivity index (χ4n) is 2.70. The molecule has 0 aliphatic carbocycles. The monoisotopic (exact) mass is 342 g/mol. The van der Waals surface area contributed by atoms with Crippen molar-refractivity contribution in [2.45, 2.75) is 33.6 Å². The van der Waals surface area contributed by atoms with Gasteiger partial charge in [-0.1, -0.05) is 26.0 Å². The number of carbonyl (C=O) groups excluding carboxylic acids is 1. The number of rotatable bonds is 6. The fourth-order valence-corrected chi connectivity index (χ4v) is 3.47. The van der Waals surface area contributed by atoms with E-state index in [2.05, 4.69) is 24.5 Å². The van der Waals surface area contributed by atoms with Crippen molar-refractivity contribution in [1.29, 1.82) is 0 Å². The molecule has 3 aromatic rings. The zero-order valence-corrected chi connectivity index (χ0v) is 15.1. The molecule has 2 aromatic heterocycles. The molecule has 0 radical (unpaired) electrons. The van der Waals surface area contributed by atoms with Gasteiger partial charge in [0.25, 0.3) is 0 Å². The molecular weight excluding hydrogens is 320 g/mol. The number of nitrogens with zero attached hydrogens (tertiary/aromatic N) is 2. The molecule has 0 unspecified atom stereocenters. The van der Waals surface area contributed by atoms with Crippen LogP contribution in [0.4, 0.5) is 0 Å². The molecule has 0 amide bonds. The maximum absolute atomic E-state index is 12.0. The zero-order valence-electron chi connectivity index (χ0n) is 14.3. The molecule has 3 rings (SSSR count). The van der Waals surface area contributed by atoms with Gasteiger partial charge in [-0.05, 0) is 37.5 Å². The lowest BCUT2D eigenvalue weighted by Gasteiger charge is -2.08. The normalized spacial score (nSPS) is 11.3. The number of thiophene rings is 1. The third-order valence-corrected chi connectivity index (χ3v) is 4.79. The first-order valence-electron chi connectivity index (χ1n) is 8.32. The Balaban J connectivity index is 2.03. The molecule has 5 heteroatoms. The van der Waals surface area contributed by atoms with Crippen LogP contribution >= 0.6 is 11.3 Å². The van der Waals surface area contributed by atoms with E-state index in [0.717, 1.165) is 35.4 Å². The van der Waals surface area contributed by atoms with Crippen LogP contribution in [-0.2, 0) is 11.2 Å². The average Bonchev–Trinajstić information content (AvgIpc) is 3.17. The Bertz CT molecular complexity index is 848. The summed E-state index contributed by atoms with van der Waals surface area (Å²) >= 11 is 1.41. The van der Waals surface area contributed by atoms with Crippen molar-refractivity contribution in [1.82, 2.24) is 9.55 Å². The SMILES string of the molecule is CCOC(=O)c1cc(-n2c(CCC(C)C)nc3ccccc32)cs1. The van der Waals surface area contributed by atoms with Gasteiger partial charge in [-0.15, -0.1) is 11.3 Å². The second kappa shape index (κ2) is 7.18. The Morgan fingerprint density at radius 2 is 2.12 bits per heavy atom. The van der Waals surface area contributed by atoms with Crippen LogP contribution < -0.4 is 0 Å². The molecule has 4 nitrogen and oxygen atoms in total. The molecular formula is C19H22N2O2S. The topological polar surface area (TPSA) is 44.1 Å². The number of fused-ring (bicyclic) bond motifs is 1. The quantitative estimate of drug-likeness (QED) is 0.601. The number of para-hydroxylation sites is 2. The molecule has 0 bridgehead atoms. The van der Waals surface area contributed by atoms with Gasteiger partial charge in [0, 0.05) is 11.8 Å². The number of aryl methyl sites for hydroxylation is 1. The van der Waals surface area contributed by atoms with Gasteiger partial charge in [0.05, 0.1) is 23.3 Å². The van der Waals surface area contributed by atoms with Gasteiger partial charge in [-0.25, -0.2) is 9.78 Å². The Hall–Kier alpha value is -2.14.